The van der Waals surface area contributed by atoms with E-state index in [1.807, 2.05) is 4.90 Å². The van der Waals surface area contributed by atoms with E-state index in [2.05, 4.69) is 42.6 Å². The second kappa shape index (κ2) is 9.82. The fourth-order valence-electron chi connectivity index (χ4n) is 3.05. The minimum atomic E-state index is 0. The first-order chi connectivity index (χ1) is 10.2. The van der Waals surface area contributed by atoms with Gasteiger partial charge < -0.3 is 15.0 Å². The maximum Gasteiger partial charge on any atom is 0.236 e. The molecule has 1 aliphatic heterocycles. The Balaban J connectivity index is 0.00000242. The number of halogens is 1. The summed E-state index contributed by atoms with van der Waals surface area (Å²) in [5.74, 6) is 1.27. The largest absolute Gasteiger partial charge is 0.383 e. The van der Waals surface area contributed by atoms with Crippen LogP contribution >= 0.6 is 12.4 Å². The average molecular weight is 327 g/mol. The number of rotatable bonds is 6. The van der Waals surface area contributed by atoms with Crippen molar-refractivity contribution in [1.82, 2.24) is 10.2 Å². The molecule has 0 spiro atoms. The molecule has 1 saturated heterocycles. The van der Waals surface area contributed by atoms with Crippen LogP contribution in [0.3, 0.4) is 0 Å². The summed E-state index contributed by atoms with van der Waals surface area (Å²) in [4.78, 5) is 14.2. The number of likely N-dealkylation sites (tertiary alicyclic amines) is 1. The standard InChI is InChI=1S/C17H26N2O2.ClH/c1-14-13-19(17(20)12-18-9-11-21-2)10-8-16(14)15-6-4-3-5-7-15;/h3-7,14,16,18H,8-13H2,1-2H3;1H. The minimum Gasteiger partial charge on any atom is -0.383 e. The topological polar surface area (TPSA) is 41.6 Å². The van der Waals surface area contributed by atoms with Crippen LogP contribution in [0.1, 0.15) is 24.8 Å². The van der Waals surface area contributed by atoms with Gasteiger partial charge in [0.2, 0.25) is 5.91 Å². The molecule has 2 atom stereocenters. The van der Waals surface area contributed by atoms with E-state index in [9.17, 15) is 4.79 Å². The van der Waals surface area contributed by atoms with Crippen LogP contribution in [0.4, 0.5) is 0 Å². The third kappa shape index (κ3) is 5.27. The lowest BCUT2D eigenvalue weighted by molar-refractivity contribution is -0.132. The molecule has 124 valence electrons. The number of benzene rings is 1. The molecule has 5 heteroatoms. The van der Waals surface area contributed by atoms with Gasteiger partial charge in [0.1, 0.15) is 0 Å². The Labute approximate surface area is 139 Å². The predicted molar refractivity (Wildman–Crippen MR) is 91.5 cm³/mol. The van der Waals surface area contributed by atoms with E-state index in [-0.39, 0.29) is 18.3 Å². The molecule has 0 aliphatic carbocycles. The Morgan fingerprint density at radius 1 is 1.36 bits per heavy atom. The summed E-state index contributed by atoms with van der Waals surface area (Å²) in [6.07, 6.45) is 1.05. The highest BCUT2D eigenvalue weighted by molar-refractivity contribution is 5.85. The zero-order chi connectivity index (χ0) is 15.1. The Hall–Kier alpha value is -1.10. The molecule has 2 rings (SSSR count). The van der Waals surface area contributed by atoms with Gasteiger partial charge in [-0.2, -0.15) is 0 Å². The van der Waals surface area contributed by atoms with Crippen LogP contribution < -0.4 is 5.32 Å². The quantitative estimate of drug-likeness (QED) is 0.816. The van der Waals surface area contributed by atoms with Crippen molar-refractivity contribution in [2.45, 2.75) is 19.3 Å². The predicted octanol–water partition coefficient (Wildman–Crippen LogP) is 2.30. The van der Waals surface area contributed by atoms with Crippen LogP contribution in [0.15, 0.2) is 30.3 Å². The van der Waals surface area contributed by atoms with E-state index in [0.29, 0.717) is 25.0 Å². The molecule has 1 aromatic rings. The average Bonchev–Trinajstić information content (AvgIpc) is 2.52. The third-order valence-corrected chi connectivity index (χ3v) is 4.24. The zero-order valence-corrected chi connectivity index (χ0v) is 14.3. The van der Waals surface area contributed by atoms with Crippen molar-refractivity contribution in [3.63, 3.8) is 0 Å². The molecule has 1 fully saturated rings. The number of nitrogens with one attached hydrogen (secondary N) is 1. The lowest BCUT2D eigenvalue weighted by atomic mass is 9.81. The van der Waals surface area contributed by atoms with Gasteiger partial charge in [0.15, 0.2) is 0 Å². The number of hydrogen-bond acceptors (Lipinski definition) is 3. The zero-order valence-electron chi connectivity index (χ0n) is 13.5. The summed E-state index contributed by atoms with van der Waals surface area (Å²) in [5, 5.41) is 3.12. The lowest BCUT2D eigenvalue weighted by Crippen LogP contribution is -2.45. The molecule has 0 aromatic heterocycles. The van der Waals surface area contributed by atoms with E-state index in [1.165, 1.54) is 5.56 Å². The molecule has 1 aliphatic rings. The summed E-state index contributed by atoms with van der Waals surface area (Å²) in [6.45, 7) is 5.72. The Bertz CT molecular complexity index is 442. The first kappa shape index (κ1) is 18.9. The summed E-state index contributed by atoms with van der Waals surface area (Å²) >= 11 is 0. The molecule has 0 saturated carbocycles. The first-order valence-corrected chi connectivity index (χ1v) is 7.74. The third-order valence-electron chi connectivity index (χ3n) is 4.24. The van der Waals surface area contributed by atoms with Gasteiger partial charge in [-0.1, -0.05) is 37.3 Å². The second-order valence-electron chi connectivity index (χ2n) is 5.79. The van der Waals surface area contributed by atoms with Crippen LogP contribution in [0.5, 0.6) is 0 Å². The van der Waals surface area contributed by atoms with Gasteiger partial charge in [-0.3, -0.25) is 4.79 Å². The number of amides is 1. The van der Waals surface area contributed by atoms with Gasteiger partial charge in [-0.25, -0.2) is 0 Å². The van der Waals surface area contributed by atoms with Gasteiger partial charge in [-0.05, 0) is 23.8 Å². The molecule has 22 heavy (non-hydrogen) atoms. The van der Waals surface area contributed by atoms with Gasteiger partial charge in [0.05, 0.1) is 13.2 Å². The summed E-state index contributed by atoms with van der Waals surface area (Å²) in [5.41, 5.74) is 1.40. The van der Waals surface area contributed by atoms with E-state index in [0.717, 1.165) is 26.1 Å². The number of carbonyl (C=O) groups excluding carboxylic acids is 1. The molecule has 4 nitrogen and oxygen atoms in total. The Morgan fingerprint density at radius 3 is 2.73 bits per heavy atom. The van der Waals surface area contributed by atoms with Crippen LogP contribution in [-0.4, -0.2) is 50.7 Å². The number of ether oxygens (including phenoxy) is 1. The normalized spacial score (nSPS) is 21.3. The minimum absolute atomic E-state index is 0. The summed E-state index contributed by atoms with van der Waals surface area (Å²) in [7, 11) is 1.67. The van der Waals surface area contributed by atoms with Crippen molar-refractivity contribution in [3.05, 3.63) is 35.9 Å². The van der Waals surface area contributed by atoms with Crippen molar-refractivity contribution in [3.8, 4) is 0 Å². The maximum atomic E-state index is 12.2. The molecular formula is C17H27ClN2O2. The molecular weight excluding hydrogens is 300 g/mol. The second-order valence-corrected chi connectivity index (χ2v) is 5.79. The van der Waals surface area contributed by atoms with Crippen molar-refractivity contribution < 1.29 is 9.53 Å². The SMILES string of the molecule is COCCNCC(=O)N1CCC(c2ccccc2)C(C)C1.Cl. The van der Waals surface area contributed by atoms with Gasteiger partial charge >= 0.3 is 0 Å². The summed E-state index contributed by atoms with van der Waals surface area (Å²) in [6, 6.07) is 10.6. The van der Waals surface area contributed by atoms with E-state index >= 15 is 0 Å². The number of methoxy groups -OCH3 is 1. The van der Waals surface area contributed by atoms with Gasteiger partial charge in [0, 0.05) is 26.7 Å². The number of carbonyl (C=O) groups is 1. The van der Waals surface area contributed by atoms with Gasteiger partial charge in [-0.15, -0.1) is 12.4 Å². The van der Waals surface area contributed by atoms with Crippen molar-refractivity contribution >= 4 is 18.3 Å². The summed E-state index contributed by atoms with van der Waals surface area (Å²) < 4.78 is 4.96. The number of nitrogens with zero attached hydrogens (tertiary/aromatic N) is 1. The van der Waals surface area contributed by atoms with E-state index < -0.39 is 0 Å². The molecule has 1 aromatic carbocycles. The van der Waals surface area contributed by atoms with E-state index in [1.54, 1.807) is 7.11 Å². The molecule has 1 heterocycles. The molecule has 1 amide bonds. The van der Waals surface area contributed by atoms with Crippen LogP contribution in [0, 0.1) is 5.92 Å². The van der Waals surface area contributed by atoms with Crippen molar-refractivity contribution in [2.24, 2.45) is 5.92 Å². The molecule has 1 N–H and O–H groups in total. The molecule has 0 bridgehead atoms. The molecule has 0 radical (unpaired) electrons. The van der Waals surface area contributed by atoms with Crippen LogP contribution in [0.25, 0.3) is 0 Å². The highest BCUT2D eigenvalue weighted by Crippen LogP contribution is 2.32. The first-order valence-electron chi connectivity index (χ1n) is 7.74. The van der Waals surface area contributed by atoms with Crippen LogP contribution in [-0.2, 0) is 9.53 Å². The monoisotopic (exact) mass is 326 g/mol. The number of hydrogen-bond donors (Lipinski definition) is 1. The maximum absolute atomic E-state index is 12.2. The van der Waals surface area contributed by atoms with Crippen LogP contribution in [0.2, 0.25) is 0 Å². The van der Waals surface area contributed by atoms with Gasteiger partial charge in [0.25, 0.3) is 0 Å². The lowest BCUT2D eigenvalue weighted by Gasteiger charge is -2.37. The fraction of sp³-hybridized carbons (Fsp3) is 0.588. The van der Waals surface area contributed by atoms with Crippen molar-refractivity contribution in [2.75, 3.05) is 39.9 Å². The fourth-order valence-corrected chi connectivity index (χ4v) is 3.05. The highest BCUT2D eigenvalue weighted by Gasteiger charge is 2.29. The Morgan fingerprint density at radius 2 is 2.09 bits per heavy atom. The number of piperidine rings is 1. The molecule has 2 unspecified atom stereocenters. The van der Waals surface area contributed by atoms with Crippen molar-refractivity contribution in [1.29, 1.82) is 0 Å². The smallest absolute Gasteiger partial charge is 0.236 e. The highest BCUT2D eigenvalue weighted by atomic mass is 35.5. The van der Waals surface area contributed by atoms with E-state index in [4.69, 9.17) is 4.74 Å². The Kier molecular flexibility index (Phi) is 8.46.